The number of anilines is 1. The molecule has 0 amide bonds. The van der Waals surface area contributed by atoms with E-state index in [2.05, 4.69) is 26.1 Å². The lowest BCUT2D eigenvalue weighted by atomic mass is 9.90. The standard InChI is InChI=1S/C27H38N7O4P/c1-6-12-37-26(35)27(4,5)11-13-39(36,33-20(3)22-9-7-21(14-28)8-10-22)18-38-19(2)15-34-17-32-23-24(29)30-16-31-25(23)34/h7-10,16-17,19-20H,6,11-13,15,18H2,1-5H3,(H,33,36)(H2,29,30,31)/t19-,20-,39?/m1/s1. The van der Waals surface area contributed by atoms with Crippen LogP contribution >= 0.6 is 7.29 Å². The van der Waals surface area contributed by atoms with Crippen molar-refractivity contribution in [3.63, 3.8) is 0 Å². The quantitative estimate of drug-likeness (QED) is 0.212. The average molecular weight is 556 g/mol. The first-order valence-electron chi connectivity index (χ1n) is 13.0. The van der Waals surface area contributed by atoms with Gasteiger partial charge in [-0.05, 0) is 58.2 Å². The zero-order chi connectivity index (χ0) is 28.6. The van der Waals surface area contributed by atoms with Crippen molar-refractivity contribution < 1.29 is 18.8 Å². The van der Waals surface area contributed by atoms with Gasteiger partial charge in [0.25, 0.3) is 0 Å². The minimum Gasteiger partial charge on any atom is -0.465 e. The van der Waals surface area contributed by atoms with Gasteiger partial charge in [-0.25, -0.2) is 15.0 Å². The summed E-state index contributed by atoms with van der Waals surface area (Å²) in [4.78, 5) is 25.1. The Hall–Kier alpha value is -3.32. The zero-order valence-electron chi connectivity index (χ0n) is 23.3. The summed E-state index contributed by atoms with van der Waals surface area (Å²) in [5.41, 5.74) is 7.66. The van der Waals surface area contributed by atoms with E-state index in [0.29, 0.717) is 42.1 Å². The van der Waals surface area contributed by atoms with Crippen molar-refractivity contribution in [1.29, 1.82) is 5.26 Å². The molecule has 0 fully saturated rings. The molecule has 11 nitrogen and oxygen atoms in total. The highest BCUT2D eigenvalue weighted by Crippen LogP contribution is 2.47. The molecule has 39 heavy (non-hydrogen) atoms. The van der Waals surface area contributed by atoms with Crippen molar-refractivity contribution >= 4 is 30.2 Å². The predicted octanol–water partition coefficient (Wildman–Crippen LogP) is 4.64. The van der Waals surface area contributed by atoms with Gasteiger partial charge >= 0.3 is 5.97 Å². The van der Waals surface area contributed by atoms with E-state index in [0.717, 1.165) is 12.0 Å². The summed E-state index contributed by atoms with van der Waals surface area (Å²) in [5, 5.41) is 12.4. The lowest BCUT2D eigenvalue weighted by Gasteiger charge is -2.29. The maximum atomic E-state index is 14.3. The molecule has 0 radical (unpaired) electrons. The van der Waals surface area contributed by atoms with Gasteiger partial charge in [0.1, 0.15) is 18.2 Å². The fourth-order valence-electron chi connectivity index (χ4n) is 4.00. The number of aromatic nitrogens is 4. The van der Waals surface area contributed by atoms with Crippen LogP contribution in [0.2, 0.25) is 0 Å². The second-order valence-electron chi connectivity index (χ2n) is 10.4. The number of nitrogens with zero attached hydrogens (tertiary/aromatic N) is 5. The van der Waals surface area contributed by atoms with Gasteiger partial charge in [-0.3, -0.25) is 9.88 Å². The summed E-state index contributed by atoms with van der Waals surface area (Å²) < 4.78 is 27.6. The fourth-order valence-corrected chi connectivity index (χ4v) is 6.61. The molecule has 0 bridgehead atoms. The number of carbonyl (C=O) groups is 1. The molecule has 1 aromatic carbocycles. The molecule has 210 valence electrons. The highest BCUT2D eigenvalue weighted by molar-refractivity contribution is 7.61. The third kappa shape index (κ3) is 8.09. The molecule has 0 aliphatic heterocycles. The molecule has 3 atom stereocenters. The van der Waals surface area contributed by atoms with Gasteiger partial charge in [-0.15, -0.1) is 0 Å². The highest BCUT2D eigenvalue weighted by Gasteiger charge is 2.34. The van der Waals surface area contributed by atoms with Crippen LogP contribution in [0.3, 0.4) is 0 Å². The number of nitrogens with two attached hydrogens (primary N) is 1. The lowest BCUT2D eigenvalue weighted by molar-refractivity contribution is -0.154. The number of fused-ring (bicyclic) bond motifs is 1. The number of ether oxygens (including phenoxy) is 2. The topological polar surface area (TPSA) is 158 Å². The first-order valence-corrected chi connectivity index (χ1v) is 15.1. The Kier molecular flexibility index (Phi) is 10.2. The number of nitrogens with one attached hydrogen (secondary N) is 1. The summed E-state index contributed by atoms with van der Waals surface area (Å²) in [6.07, 6.45) is 4.01. The van der Waals surface area contributed by atoms with Gasteiger partial charge in [0, 0.05) is 12.2 Å². The molecular formula is C27H38N7O4P. The van der Waals surface area contributed by atoms with E-state index in [-0.39, 0.29) is 30.6 Å². The third-order valence-electron chi connectivity index (χ3n) is 6.51. The summed E-state index contributed by atoms with van der Waals surface area (Å²) in [7, 11) is -3.14. The lowest BCUT2D eigenvalue weighted by Crippen LogP contribution is -2.30. The van der Waals surface area contributed by atoms with Crippen molar-refractivity contribution in [1.82, 2.24) is 24.6 Å². The van der Waals surface area contributed by atoms with Gasteiger partial charge in [0.05, 0.1) is 42.6 Å². The summed E-state index contributed by atoms with van der Waals surface area (Å²) in [5.74, 6) is -0.00327. The zero-order valence-corrected chi connectivity index (χ0v) is 24.1. The first kappa shape index (κ1) is 30.2. The molecule has 2 heterocycles. The Balaban J connectivity index is 1.73. The molecule has 0 saturated carbocycles. The smallest absolute Gasteiger partial charge is 0.311 e. The summed E-state index contributed by atoms with van der Waals surface area (Å²) in [6.45, 7) is 10.1. The maximum Gasteiger partial charge on any atom is 0.311 e. The van der Waals surface area contributed by atoms with Crippen molar-refractivity contribution in [3.8, 4) is 6.07 Å². The van der Waals surface area contributed by atoms with Crippen LogP contribution in [0.25, 0.3) is 11.2 Å². The van der Waals surface area contributed by atoms with E-state index in [9.17, 15) is 9.36 Å². The predicted molar refractivity (Wildman–Crippen MR) is 150 cm³/mol. The van der Waals surface area contributed by atoms with E-state index in [4.69, 9.17) is 20.5 Å². The Bertz CT molecular complexity index is 1350. The van der Waals surface area contributed by atoms with Crippen molar-refractivity contribution in [2.75, 3.05) is 24.9 Å². The molecule has 0 aliphatic rings. The molecule has 3 rings (SSSR count). The second-order valence-corrected chi connectivity index (χ2v) is 13.1. The van der Waals surface area contributed by atoms with Gasteiger partial charge in [0.15, 0.2) is 18.8 Å². The Morgan fingerprint density at radius 1 is 1.23 bits per heavy atom. The molecule has 0 aliphatic carbocycles. The Labute approximate surface area is 229 Å². The van der Waals surface area contributed by atoms with Crippen LogP contribution in [0.4, 0.5) is 5.82 Å². The molecule has 0 spiro atoms. The molecule has 3 aromatic rings. The van der Waals surface area contributed by atoms with E-state index in [1.807, 2.05) is 37.5 Å². The highest BCUT2D eigenvalue weighted by atomic mass is 31.2. The molecule has 3 N–H and O–H groups in total. The molecule has 12 heteroatoms. The maximum absolute atomic E-state index is 14.3. The minimum atomic E-state index is -3.14. The molecule has 2 aromatic heterocycles. The number of carbonyl (C=O) groups excluding carboxylic acids is 1. The van der Waals surface area contributed by atoms with Gasteiger partial charge < -0.3 is 24.3 Å². The Morgan fingerprint density at radius 3 is 2.62 bits per heavy atom. The number of imidazole rings is 1. The van der Waals surface area contributed by atoms with E-state index in [1.54, 1.807) is 32.3 Å². The fraction of sp³-hybridized carbons (Fsp3) is 0.519. The van der Waals surface area contributed by atoms with Crippen LogP contribution in [-0.4, -0.2) is 50.7 Å². The number of nitrogen functional groups attached to an aromatic ring is 1. The SMILES string of the molecule is CCCOC(=O)C(C)(C)CCP(=O)(CO[C@H](C)Cn1cnc2c(N)ncnc21)N[C@H](C)c1ccc(C#N)cc1. The van der Waals surface area contributed by atoms with Crippen LogP contribution in [-0.2, 0) is 25.4 Å². The molecule has 1 unspecified atom stereocenters. The van der Waals surface area contributed by atoms with Gasteiger partial charge in [-0.1, -0.05) is 19.1 Å². The molecule has 0 saturated heterocycles. The van der Waals surface area contributed by atoms with E-state index >= 15 is 0 Å². The Morgan fingerprint density at radius 2 is 1.95 bits per heavy atom. The molecular weight excluding hydrogens is 517 g/mol. The average Bonchev–Trinajstić information content (AvgIpc) is 3.33. The second kappa shape index (κ2) is 13.2. The third-order valence-corrected chi connectivity index (χ3v) is 8.88. The normalized spacial score (nSPS) is 14.9. The number of hydrogen-bond donors (Lipinski definition) is 2. The van der Waals surface area contributed by atoms with Crippen LogP contribution < -0.4 is 10.8 Å². The van der Waals surface area contributed by atoms with Crippen molar-refractivity contribution in [2.24, 2.45) is 5.41 Å². The summed E-state index contributed by atoms with van der Waals surface area (Å²) >= 11 is 0. The van der Waals surface area contributed by atoms with Crippen molar-refractivity contribution in [3.05, 3.63) is 48.0 Å². The number of hydrogen-bond acceptors (Lipinski definition) is 9. The monoisotopic (exact) mass is 555 g/mol. The van der Waals surface area contributed by atoms with E-state index < -0.39 is 12.7 Å². The van der Waals surface area contributed by atoms with Gasteiger partial charge in [-0.2, -0.15) is 5.26 Å². The number of rotatable bonds is 14. The minimum absolute atomic E-state index is 0.0291. The van der Waals surface area contributed by atoms with Crippen LogP contribution in [0.15, 0.2) is 36.9 Å². The first-order chi connectivity index (χ1) is 18.5. The number of benzene rings is 1. The summed E-state index contributed by atoms with van der Waals surface area (Å²) in [6, 6.07) is 8.98. The van der Waals surface area contributed by atoms with Crippen LogP contribution in [0, 0.1) is 16.7 Å². The number of esters is 1. The van der Waals surface area contributed by atoms with E-state index in [1.165, 1.54) is 6.33 Å². The van der Waals surface area contributed by atoms with Crippen LogP contribution in [0.1, 0.15) is 64.6 Å². The van der Waals surface area contributed by atoms with Crippen molar-refractivity contribution in [2.45, 2.75) is 66.2 Å². The number of nitriles is 1. The van der Waals surface area contributed by atoms with Gasteiger partial charge in [0.2, 0.25) is 0 Å². The largest absolute Gasteiger partial charge is 0.465 e. The van der Waals surface area contributed by atoms with Crippen LogP contribution in [0.5, 0.6) is 0 Å².